The van der Waals surface area contributed by atoms with Crippen LogP contribution in [0.5, 0.6) is 0 Å². The largest absolute Gasteiger partial charge is 0.379 e. The van der Waals surface area contributed by atoms with Gasteiger partial charge in [0.1, 0.15) is 10.7 Å². The van der Waals surface area contributed by atoms with E-state index >= 15 is 0 Å². The molecule has 1 amide bonds. The number of thiophene rings is 1. The summed E-state index contributed by atoms with van der Waals surface area (Å²) in [6, 6.07) is 0. The molecule has 2 aromatic rings. The van der Waals surface area contributed by atoms with E-state index in [0.29, 0.717) is 6.54 Å². The highest BCUT2D eigenvalue weighted by Gasteiger charge is 2.29. The molecule has 3 rings (SSSR count). The third-order valence-electron chi connectivity index (χ3n) is 5.40. The Morgan fingerprint density at radius 2 is 1.79 bits per heavy atom. The molecule has 3 heterocycles. The second-order valence-corrected chi connectivity index (χ2v) is 10.2. The van der Waals surface area contributed by atoms with Crippen molar-refractivity contribution in [3.63, 3.8) is 0 Å². The second kappa shape index (κ2) is 7.69. The molecule has 1 aliphatic rings. The number of carbonyl (C=O) groups excluding carboxylic acids is 1. The molecular weight excluding hydrogens is 372 g/mol. The van der Waals surface area contributed by atoms with Crippen LogP contribution in [0.3, 0.4) is 0 Å². The van der Waals surface area contributed by atoms with E-state index in [1.807, 2.05) is 13.8 Å². The predicted octanol–water partition coefficient (Wildman–Crippen LogP) is 3.45. The molecule has 1 N–H and O–H groups in total. The van der Waals surface area contributed by atoms with Gasteiger partial charge in [-0.3, -0.25) is 9.69 Å². The molecule has 1 fully saturated rings. The highest BCUT2D eigenvalue weighted by molar-refractivity contribution is 7.20. The summed E-state index contributed by atoms with van der Waals surface area (Å²) in [6.07, 6.45) is 0. The topological polar surface area (TPSA) is 67.4 Å². The first-order valence-electron chi connectivity index (χ1n) is 9.90. The van der Waals surface area contributed by atoms with E-state index in [0.717, 1.165) is 58.5 Å². The lowest BCUT2D eigenvalue weighted by atomic mass is 9.95. The van der Waals surface area contributed by atoms with Crippen LogP contribution >= 0.6 is 11.3 Å². The van der Waals surface area contributed by atoms with Gasteiger partial charge < -0.3 is 10.1 Å². The van der Waals surface area contributed by atoms with Gasteiger partial charge in [0.05, 0.1) is 23.8 Å². The standard InChI is InChI=1S/C21H32N4O2S/c1-13-15-14(2)23-19(20(3,4)5)24-18(15)28-16(13)17(26)22-12-21(6,7)25-8-10-27-11-9-25/h8-12H2,1-7H3,(H,22,26). The van der Waals surface area contributed by atoms with E-state index in [1.165, 1.54) is 11.3 Å². The number of morpholine rings is 1. The Kier molecular flexibility index (Phi) is 5.81. The number of aromatic nitrogens is 2. The van der Waals surface area contributed by atoms with Crippen molar-refractivity contribution in [2.45, 2.75) is 59.4 Å². The van der Waals surface area contributed by atoms with Crippen LogP contribution in [0.4, 0.5) is 0 Å². The van der Waals surface area contributed by atoms with Crippen LogP contribution in [-0.4, -0.2) is 59.2 Å². The lowest BCUT2D eigenvalue weighted by Crippen LogP contribution is -2.55. The van der Waals surface area contributed by atoms with Gasteiger partial charge in [0.2, 0.25) is 0 Å². The molecule has 0 spiro atoms. The van der Waals surface area contributed by atoms with E-state index in [-0.39, 0.29) is 16.9 Å². The first-order valence-corrected chi connectivity index (χ1v) is 10.7. The molecule has 6 nitrogen and oxygen atoms in total. The third-order valence-corrected chi connectivity index (χ3v) is 6.58. The minimum absolute atomic E-state index is 0.0291. The van der Waals surface area contributed by atoms with E-state index in [4.69, 9.17) is 14.7 Å². The minimum Gasteiger partial charge on any atom is -0.379 e. The highest BCUT2D eigenvalue weighted by atomic mass is 32.1. The summed E-state index contributed by atoms with van der Waals surface area (Å²) in [5.74, 6) is 0.790. The molecule has 1 aliphatic heterocycles. The number of amides is 1. The molecule has 7 heteroatoms. The zero-order valence-corrected chi connectivity index (χ0v) is 18.9. The zero-order chi connectivity index (χ0) is 20.7. The van der Waals surface area contributed by atoms with Crippen molar-refractivity contribution in [3.05, 3.63) is 22.0 Å². The number of hydrogen-bond acceptors (Lipinski definition) is 6. The van der Waals surface area contributed by atoms with E-state index in [9.17, 15) is 4.79 Å². The van der Waals surface area contributed by atoms with Gasteiger partial charge >= 0.3 is 0 Å². The zero-order valence-electron chi connectivity index (χ0n) is 18.1. The number of aryl methyl sites for hydroxylation is 2. The van der Waals surface area contributed by atoms with E-state index in [1.54, 1.807) is 0 Å². The summed E-state index contributed by atoms with van der Waals surface area (Å²) in [6.45, 7) is 18.5. The molecule has 1 saturated heterocycles. The molecule has 0 atom stereocenters. The van der Waals surface area contributed by atoms with Crippen molar-refractivity contribution < 1.29 is 9.53 Å². The molecule has 0 aliphatic carbocycles. The van der Waals surface area contributed by atoms with Crippen LogP contribution in [0.1, 0.15) is 61.4 Å². The van der Waals surface area contributed by atoms with E-state index in [2.05, 4.69) is 44.8 Å². The molecule has 0 unspecified atom stereocenters. The number of fused-ring (bicyclic) bond motifs is 1. The summed E-state index contributed by atoms with van der Waals surface area (Å²) in [4.78, 5) is 26.4. The fourth-order valence-electron chi connectivity index (χ4n) is 3.55. The average molecular weight is 405 g/mol. The van der Waals surface area contributed by atoms with Crippen LogP contribution in [0, 0.1) is 13.8 Å². The summed E-state index contributed by atoms with van der Waals surface area (Å²) in [5.41, 5.74) is 1.68. The average Bonchev–Trinajstić information content (AvgIpc) is 2.97. The summed E-state index contributed by atoms with van der Waals surface area (Å²) >= 11 is 1.47. The Balaban J connectivity index is 1.82. The normalized spacial score (nSPS) is 16.5. The highest BCUT2D eigenvalue weighted by Crippen LogP contribution is 2.33. The Bertz CT molecular complexity index is 877. The molecule has 0 saturated carbocycles. The first-order chi connectivity index (χ1) is 13.0. The number of carbonyl (C=O) groups is 1. The number of nitrogens with one attached hydrogen (secondary N) is 1. The van der Waals surface area contributed by atoms with Crippen LogP contribution in [0.2, 0.25) is 0 Å². The van der Waals surface area contributed by atoms with E-state index < -0.39 is 0 Å². The first kappa shape index (κ1) is 21.1. The quantitative estimate of drug-likeness (QED) is 0.845. The number of ether oxygens (including phenoxy) is 1. The summed E-state index contributed by atoms with van der Waals surface area (Å²) in [5, 5.41) is 4.15. The van der Waals surface area contributed by atoms with Crippen molar-refractivity contribution in [2.24, 2.45) is 0 Å². The lowest BCUT2D eigenvalue weighted by molar-refractivity contribution is -0.00922. The molecule has 0 aromatic carbocycles. The van der Waals surface area contributed by atoms with Gasteiger partial charge in [-0.15, -0.1) is 11.3 Å². The van der Waals surface area contributed by atoms with Crippen molar-refractivity contribution in [1.82, 2.24) is 20.2 Å². The van der Waals surface area contributed by atoms with Crippen molar-refractivity contribution in [3.8, 4) is 0 Å². The third kappa shape index (κ3) is 4.21. The van der Waals surface area contributed by atoms with Gasteiger partial charge in [0.15, 0.2) is 0 Å². The molecule has 0 radical (unpaired) electrons. The van der Waals surface area contributed by atoms with Crippen molar-refractivity contribution >= 4 is 27.5 Å². The smallest absolute Gasteiger partial charge is 0.261 e. The lowest BCUT2D eigenvalue weighted by Gasteiger charge is -2.40. The number of hydrogen-bond donors (Lipinski definition) is 1. The predicted molar refractivity (Wildman–Crippen MR) is 114 cm³/mol. The fraction of sp³-hybridized carbons (Fsp3) is 0.667. The maximum atomic E-state index is 13.0. The number of rotatable bonds is 4. The molecular formula is C21H32N4O2S. The summed E-state index contributed by atoms with van der Waals surface area (Å²) < 4.78 is 5.44. The van der Waals surface area contributed by atoms with Crippen LogP contribution in [0.25, 0.3) is 10.2 Å². The molecule has 28 heavy (non-hydrogen) atoms. The van der Waals surface area contributed by atoms with Crippen LogP contribution in [0.15, 0.2) is 0 Å². The van der Waals surface area contributed by atoms with Gasteiger partial charge in [-0.2, -0.15) is 0 Å². The SMILES string of the molecule is Cc1nc(C(C)(C)C)nc2sc(C(=O)NCC(C)(C)N3CCOCC3)c(C)c12. The van der Waals surface area contributed by atoms with Gasteiger partial charge in [0, 0.05) is 36.0 Å². The maximum absolute atomic E-state index is 13.0. The molecule has 154 valence electrons. The Morgan fingerprint density at radius 1 is 1.14 bits per heavy atom. The summed E-state index contributed by atoms with van der Waals surface area (Å²) in [7, 11) is 0. The number of nitrogens with zero attached hydrogens (tertiary/aromatic N) is 3. The molecule has 0 bridgehead atoms. The van der Waals surface area contributed by atoms with Crippen LogP contribution in [-0.2, 0) is 10.2 Å². The van der Waals surface area contributed by atoms with Gasteiger partial charge in [0.25, 0.3) is 5.91 Å². The van der Waals surface area contributed by atoms with Crippen molar-refractivity contribution in [1.29, 1.82) is 0 Å². The van der Waals surface area contributed by atoms with Gasteiger partial charge in [-0.1, -0.05) is 20.8 Å². The van der Waals surface area contributed by atoms with Gasteiger partial charge in [-0.05, 0) is 33.3 Å². The van der Waals surface area contributed by atoms with Crippen molar-refractivity contribution in [2.75, 3.05) is 32.8 Å². The minimum atomic E-state index is -0.124. The Labute approximate surface area is 171 Å². The fourth-order valence-corrected chi connectivity index (χ4v) is 4.70. The van der Waals surface area contributed by atoms with Crippen LogP contribution < -0.4 is 5.32 Å². The molecule has 2 aromatic heterocycles. The second-order valence-electron chi connectivity index (χ2n) is 9.21. The van der Waals surface area contributed by atoms with Gasteiger partial charge in [-0.25, -0.2) is 9.97 Å². The monoisotopic (exact) mass is 404 g/mol. The Morgan fingerprint density at radius 3 is 2.39 bits per heavy atom. The maximum Gasteiger partial charge on any atom is 0.261 e. The Hall–Kier alpha value is -1.57.